The minimum atomic E-state index is -4.37. The lowest BCUT2D eigenvalue weighted by atomic mass is 9.82. The quantitative estimate of drug-likeness (QED) is 0.884. The molecule has 0 aliphatic rings. The second kappa shape index (κ2) is 6.69. The van der Waals surface area contributed by atoms with E-state index in [9.17, 15) is 13.2 Å². The molecular formula is C16H24F3NO. The van der Waals surface area contributed by atoms with E-state index in [1.165, 1.54) is 0 Å². The molecule has 0 fully saturated rings. The molecule has 1 rings (SSSR count). The van der Waals surface area contributed by atoms with Crippen LogP contribution in [-0.4, -0.2) is 18.8 Å². The summed E-state index contributed by atoms with van der Waals surface area (Å²) in [5.74, 6) is 0.649. The molecule has 120 valence electrons. The highest BCUT2D eigenvalue weighted by atomic mass is 19.4. The molecule has 1 unspecified atom stereocenters. The Kier molecular flexibility index (Phi) is 5.68. The van der Waals surface area contributed by atoms with Crippen molar-refractivity contribution in [1.82, 2.24) is 0 Å². The van der Waals surface area contributed by atoms with Crippen LogP contribution in [0.25, 0.3) is 0 Å². The molecule has 1 atom stereocenters. The lowest BCUT2D eigenvalue weighted by Gasteiger charge is -2.26. The molecule has 0 amide bonds. The highest BCUT2D eigenvalue weighted by Crippen LogP contribution is 2.35. The van der Waals surface area contributed by atoms with Crippen molar-refractivity contribution in [3.05, 3.63) is 29.3 Å². The summed E-state index contributed by atoms with van der Waals surface area (Å²) in [5, 5.41) is 0. The minimum Gasteiger partial charge on any atom is -0.493 e. The molecule has 0 saturated heterocycles. The Morgan fingerprint density at radius 1 is 1.19 bits per heavy atom. The molecule has 0 aliphatic carbocycles. The predicted octanol–water partition coefficient (Wildman–Crippen LogP) is 4.21. The van der Waals surface area contributed by atoms with Gasteiger partial charge in [-0.05, 0) is 23.5 Å². The molecule has 0 spiro atoms. The number of benzene rings is 1. The number of hydrogen-bond acceptors (Lipinski definition) is 2. The number of ether oxygens (including phenoxy) is 1. The van der Waals surface area contributed by atoms with Crippen LogP contribution in [0.3, 0.4) is 0 Å². The number of halogens is 3. The van der Waals surface area contributed by atoms with Crippen molar-refractivity contribution in [3.8, 4) is 5.75 Å². The molecule has 0 saturated carbocycles. The smallest absolute Gasteiger partial charge is 0.403 e. The van der Waals surface area contributed by atoms with Crippen LogP contribution in [0.2, 0.25) is 0 Å². The maximum Gasteiger partial charge on any atom is 0.403 e. The fourth-order valence-electron chi connectivity index (χ4n) is 2.30. The number of rotatable bonds is 5. The standard InChI is InChI=1S/C16H24F3NO/c1-5-11-7-6-8-12(14(11)15(2,3)4)21-10-9-13(20)16(17,18)19/h6-8,13H,5,9-10,20H2,1-4H3. The van der Waals surface area contributed by atoms with Crippen molar-refractivity contribution < 1.29 is 17.9 Å². The summed E-state index contributed by atoms with van der Waals surface area (Å²) in [6.07, 6.45) is -3.77. The number of nitrogens with two attached hydrogens (primary N) is 1. The van der Waals surface area contributed by atoms with E-state index >= 15 is 0 Å². The van der Waals surface area contributed by atoms with Crippen LogP contribution in [0, 0.1) is 0 Å². The van der Waals surface area contributed by atoms with E-state index in [1.54, 1.807) is 6.07 Å². The zero-order valence-electron chi connectivity index (χ0n) is 13.1. The molecule has 2 N–H and O–H groups in total. The summed E-state index contributed by atoms with van der Waals surface area (Å²) in [6.45, 7) is 8.20. The first kappa shape index (κ1) is 17.8. The van der Waals surface area contributed by atoms with Gasteiger partial charge in [-0.25, -0.2) is 0 Å². The number of hydrogen-bond donors (Lipinski definition) is 1. The third-order valence-electron chi connectivity index (χ3n) is 3.35. The van der Waals surface area contributed by atoms with Crippen molar-refractivity contribution in [1.29, 1.82) is 0 Å². The zero-order chi connectivity index (χ0) is 16.3. The van der Waals surface area contributed by atoms with Gasteiger partial charge in [0.15, 0.2) is 0 Å². The van der Waals surface area contributed by atoms with Crippen LogP contribution in [0.1, 0.15) is 45.2 Å². The first-order valence-electron chi connectivity index (χ1n) is 7.14. The van der Waals surface area contributed by atoms with Gasteiger partial charge in [0.05, 0.1) is 6.61 Å². The third-order valence-corrected chi connectivity index (χ3v) is 3.35. The lowest BCUT2D eigenvalue weighted by Crippen LogP contribution is -2.38. The molecule has 1 aromatic rings. The first-order valence-corrected chi connectivity index (χ1v) is 7.14. The Morgan fingerprint density at radius 3 is 2.29 bits per heavy atom. The zero-order valence-corrected chi connectivity index (χ0v) is 13.1. The SMILES string of the molecule is CCc1cccc(OCCC(N)C(F)(F)F)c1C(C)(C)C. The minimum absolute atomic E-state index is 0.0447. The van der Waals surface area contributed by atoms with Gasteiger partial charge < -0.3 is 10.5 Å². The Bertz CT molecular complexity index is 464. The average molecular weight is 303 g/mol. The van der Waals surface area contributed by atoms with Crippen molar-refractivity contribution >= 4 is 0 Å². The Morgan fingerprint density at radius 2 is 1.81 bits per heavy atom. The molecular weight excluding hydrogens is 279 g/mol. The van der Waals surface area contributed by atoms with Crippen LogP contribution in [-0.2, 0) is 11.8 Å². The topological polar surface area (TPSA) is 35.2 Å². The fourth-order valence-corrected chi connectivity index (χ4v) is 2.30. The molecule has 2 nitrogen and oxygen atoms in total. The Hall–Kier alpha value is -1.23. The van der Waals surface area contributed by atoms with Crippen molar-refractivity contribution in [2.75, 3.05) is 6.61 Å². The molecule has 1 aromatic carbocycles. The van der Waals surface area contributed by atoms with E-state index in [2.05, 4.69) is 20.8 Å². The highest BCUT2D eigenvalue weighted by molar-refractivity contribution is 5.44. The van der Waals surface area contributed by atoms with Gasteiger partial charge in [-0.3, -0.25) is 0 Å². The van der Waals surface area contributed by atoms with E-state index in [0.717, 1.165) is 17.5 Å². The van der Waals surface area contributed by atoms with Crippen LogP contribution in [0.4, 0.5) is 13.2 Å². The van der Waals surface area contributed by atoms with Crippen molar-refractivity contribution in [2.24, 2.45) is 5.73 Å². The van der Waals surface area contributed by atoms with Gasteiger partial charge in [-0.2, -0.15) is 13.2 Å². The maximum absolute atomic E-state index is 12.4. The van der Waals surface area contributed by atoms with Crippen LogP contribution < -0.4 is 10.5 Å². The predicted molar refractivity (Wildman–Crippen MR) is 78.7 cm³/mol. The van der Waals surface area contributed by atoms with Gasteiger partial charge in [-0.1, -0.05) is 39.8 Å². The molecule has 0 heterocycles. The van der Waals surface area contributed by atoms with Gasteiger partial charge >= 0.3 is 6.18 Å². The van der Waals surface area contributed by atoms with Gasteiger partial charge in [0, 0.05) is 12.0 Å². The van der Waals surface area contributed by atoms with Crippen LogP contribution >= 0.6 is 0 Å². The molecule has 5 heteroatoms. The van der Waals surface area contributed by atoms with Crippen LogP contribution in [0.15, 0.2) is 18.2 Å². The number of alkyl halides is 3. The van der Waals surface area contributed by atoms with E-state index < -0.39 is 12.2 Å². The highest BCUT2D eigenvalue weighted by Gasteiger charge is 2.36. The maximum atomic E-state index is 12.4. The second-order valence-corrected chi connectivity index (χ2v) is 6.18. The molecule has 0 aromatic heterocycles. The average Bonchev–Trinajstić information content (AvgIpc) is 2.35. The number of aryl methyl sites for hydroxylation is 1. The lowest BCUT2D eigenvalue weighted by molar-refractivity contribution is -0.150. The monoisotopic (exact) mass is 303 g/mol. The van der Waals surface area contributed by atoms with E-state index in [0.29, 0.717) is 5.75 Å². The van der Waals surface area contributed by atoms with Crippen molar-refractivity contribution in [2.45, 2.75) is 58.2 Å². The van der Waals surface area contributed by atoms with Gasteiger partial charge in [-0.15, -0.1) is 0 Å². The third kappa shape index (κ3) is 4.92. The molecule has 0 radical (unpaired) electrons. The second-order valence-electron chi connectivity index (χ2n) is 6.18. The first-order chi connectivity index (χ1) is 9.57. The van der Waals surface area contributed by atoms with Crippen LogP contribution in [0.5, 0.6) is 5.75 Å². The van der Waals surface area contributed by atoms with E-state index in [4.69, 9.17) is 10.5 Å². The molecule has 0 bridgehead atoms. The summed E-state index contributed by atoms with van der Waals surface area (Å²) >= 11 is 0. The molecule has 21 heavy (non-hydrogen) atoms. The summed E-state index contributed by atoms with van der Waals surface area (Å²) < 4.78 is 42.7. The Balaban J connectivity index is 2.85. The van der Waals surface area contributed by atoms with Gasteiger partial charge in [0.2, 0.25) is 0 Å². The summed E-state index contributed by atoms with van der Waals surface area (Å²) in [5.41, 5.74) is 7.16. The molecule has 0 aliphatic heterocycles. The largest absolute Gasteiger partial charge is 0.493 e. The Labute approximate surface area is 124 Å². The summed E-state index contributed by atoms with van der Waals surface area (Å²) in [6, 6.07) is 3.85. The summed E-state index contributed by atoms with van der Waals surface area (Å²) in [7, 11) is 0. The van der Waals surface area contributed by atoms with Gasteiger partial charge in [0.1, 0.15) is 11.8 Å². The fraction of sp³-hybridized carbons (Fsp3) is 0.625. The summed E-state index contributed by atoms with van der Waals surface area (Å²) in [4.78, 5) is 0. The normalized spacial score (nSPS) is 14.1. The van der Waals surface area contributed by atoms with E-state index in [-0.39, 0.29) is 18.4 Å². The van der Waals surface area contributed by atoms with E-state index in [1.807, 2.05) is 19.1 Å². The van der Waals surface area contributed by atoms with Gasteiger partial charge in [0.25, 0.3) is 0 Å². The van der Waals surface area contributed by atoms with Crippen molar-refractivity contribution in [3.63, 3.8) is 0 Å².